The Bertz CT molecular complexity index is 289. The van der Waals surface area contributed by atoms with Crippen molar-refractivity contribution in [3.63, 3.8) is 0 Å². The molecule has 2 aliphatic rings. The molecule has 1 saturated heterocycles. The van der Waals surface area contributed by atoms with Crippen molar-refractivity contribution in [2.45, 2.75) is 6.10 Å². The van der Waals surface area contributed by atoms with Crippen LogP contribution >= 0.6 is 0 Å². The maximum absolute atomic E-state index is 5.19. The first-order valence-electron chi connectivity index (χ1n) is 3.37. The topological polar surface area (TPSA) is 25.1 Å². The summed E-state index contributed by atoms with van der Waals surface area (Å²) in [6, 6.07) is 6.04. The summed E-state index contributed by atoms with van der Waals surface area (Å²) in [4.78, 5) is 0. The summed E-state index contributed by atoms with van der Waals surface area (Å²) >= 11 is 0. The van der Waals surface area contributed by atoms with Crippen LogP contribution in [0.15, 0.2) is 18.2 Å². The van der Waals surface area contributed by atoms with Gasteiger partial charge in [0.2, 0.25) is 0 Å². The Labute approximate surface area is 58.4 Å². The Hall–Kier alpha value is -1.02. The van der Waals surface area contributed by atoms with Crippen LogP contribution in [0.2, 0.25) is 0 Å². The molecule has 0 spiro atoms. The molecule has 0 radical (unpaired) electrons. The Morgan fingerprint density at radius 1 is 1.40 bits per heavy atom. The third-order valence-corrected chi connectivity index (χ3v) is 1.86. The molecule has 0 aliphatic carbocycles. The Kier molecular flexibility index (Phi) is 0.640. The van der Waals surface area contributed by atoms with E-state index in [9.17, 15) is 0 Å². The van der Waals surface area contributed by atoms with Gasteiger partial charge < -0.3 is 9.47 Å². The summed E-state index contributed by atoms with van der Waals surface area (Å²) in [6.45, 7) is 0.861. The van der Waals surface area contributed by atoms with Crippen molar-refractivity contribution < 1.29 is 9.47 Å². The maximum atomic E-state index is 5.19. The number of epoxide rings is 1. The molecule has 2 nitrogen and oxygen atoms in total. The van der Waals surface area contributed by atoms with Gasteiger partial charge >= 0.3 is 0 Å². The van der Waals surface area contributed by atoms with E-state index in [-0.39, 0.29) is 0 Å². The summed E-state index contributed by atoms with van der Waals surface area (Å²) in [5, 5.41) is 0. The number of hydrogen-bond acceptors (Lipinski definition) is 2. The van der Waals surface area contributed by atoms with Crippen molar-refractivity contribution in [1.82, 2.24) is 0 Å². The first-order valence-corrected chi connectivity index (χ1v) is 3.37. The minimum absolute atomic E-state index is 0.331. The predicted molar refractivity (Wildman–Crippen MR) is 35.2 cm³/mol. The molecular formula is C8H6O2. The summed E-state index contributed by atoms with van der Waals surface area (Å²) < 4.78 is 10.3. The van der Waals surface area contributed by atoms with Gasteiger partial charge in [-0.2, -0.15) is 0 Å². The fourth-order valence-corrected chi connectivity index (χ4v) is 1.19. The van der Waals surface area contributed by atoms with E-state index in [0.717, 1.165) is 18.1 Å². The number of hydrogen-bond donors (Lipinski definition) is 0. The lowest BCUT2D eigenvalue weighted by Gasteiger charge is -1.85. The summed E-state index contributed by atoms with van der Waals surface area (Å²) in [5.41, 5.74) is 1.22. The minimum Gasteiger partial charge on any atom is -0.449 e. The van der Waals surface area contributed by atoms with Crippen LogP contribution in [0.1, 0.15) is 11.7 Å². The number of benzene rings is 1. The van der Waals surface area contributed by atoms with Crippen LogP contribution in [-0.2, 0) is 4.74 Å². The van der Waals surface area contributed by atoms with Crippen LogP contribution in [0.3, 0.4) is 0 Å². The lowest BCUT2D eigenvalue weighted by atomic mass is 10.2. The zero-order valence-corrected chi connectivity index (χ0v) is 5.33. The molecule has 1 fully saturated rings. The van der Waals surface area contributed by atoms with Gasteiger partial charge in [0, 0.05) is 5.56 Å². The predicted octanol–water partition coefficient (Wildman–Crippen LogP) is 1.86. The molecule has 0 aromatic heterocycles. The maximum Gasteiger partial charge on any atom is 0.176 e. The molecule has 0 amide bonds. The van der Waals surface area contributed by atoms with Crippen LogP contribution in [0.4, 0.5) is 0 Å². The van der Waals surface area contributed by atoms with Crippen molar-refractivity contribution in [3.8, 4) is 11.5 Å². The highest BCUT2D eigenvalue weighted by atomic mass is 16.6. The number of para-hydroxylation sites is 1. The molecule has 10 heavy (non-hydrogen) atoms. The van der Waals surface area contributed by atoms with Gasteiger partial charge in [0.1, 0.15) is 6.10 Å². The van der Waals surface area contributed by atoms with Crippen LogP contribution in [0.5, 0.6) is 11.5 Å². The van der Waals surface area contributed by atoms with Crippen molar-refractivity contribution in [2.24, 2.45) is 0 Å². The zero-order valence-electron chi connectivity index (χ0n) is 5.33. The second-order valence-electron chi connectivity index (χ2n) is 2.60. The van der Waals surface area contributed by atoms with Gasteiger partial charge in [-0.3, -0.25) is 0 Å². The molecule has 1 atom stereocenters. The van der Waals surface area contributed by atoms with Gasteiger partial charge in [0.25, 0.3) is 0 Å². The highest BCUT2D eigenvalue weighted by molar-refractivity contribution is 5.60. The summed E-state index contributed by atoms with van der Waals surface area (Å²) in [7, 11) is 0. The van der Waals surface area contributed by atoms with Gasteiger partial charge in [0.05, 0.1) is 6.61 Å². The smallest absolute Gasteiger partial charge is 0.176 e. The van der Waals surface area contributed by atoms with Gasteiger partial charge in [-0.25, -0.2) is 0 Å². The van der Waals surface area contributed by atoms with E-state index in [4.69, 9.17) is 9.47 Å². The van der Waals surface area contributed by atoms with Crippen molar-refractivity contribution in [2.75, 3.05) is 6.61 Å². The minimum atomic E-state index is 0.331. The van der Waals surface area contributed by atoms with E-state index in [1.807, 2.05) is 12.1 Å². The molecule has 1 unspecified atom stereocenters. The molecule has 2 aliphatic heterocycles. The van der Waals surface area contributed by atoms with Gasteiger partial charge in [-0.05, 0) is 6.07 Å². The average Bonchev–Trinajstić information content (AvgIpc) is 2.83. The average molecular weight is 134 g/mol. The van der Waals surface area contributed by atoms with Crippen LogP contribution in [0.25, 0.3) is 0 Å². The molecular weight excluding hydrogens is 128 g/mol. The second kappa shape index (κ2) is 1.35. The van der Waals surface area contributed by atoms with E-state index in [1.54, 1.807) is 0 Å². The highest BCUT2D eigenvalue weighted by Gasteiger charge is 2.34. The van der Waals surface area contributed by atoms with E-state index in [1.165, 1.54) is 5.56 Å². The van der Waals surface area contributed by atoms with Gasteiger partial charge in [-0.15, -0.1) is 0 Å². The van der Waals surface area contributed by atoms with E-state index in [2.05, 4.69) is 6.07 Å². The molecule has 2 heteroatoms. The summed E-state index contributed by atoms with van der Waals surface area (Å²) in [5.74, 6) is 2.07. The molecule has 50 valence electrons. The van der Waals surface area contributed by atoms with E-state index < -0.39 is 0 Å². The lowest BCUT2D eigenvalue weighted by Crippen LogP contribution is -1.72. The fourth-order valence-electron chi connectivity index (χ4n) is 1.19. The second-order valence-corrected chi connectivity index (χ2v) is 2.60. The molecule has 0 bridgehead atoms. The monoisotopic (exact) mass is 134 g/mol. The standard InChI is InChI=1S/C8H6O2/c1-2-5(7-4-9-7)8-6(3-1)10-8/h1-3,7H,4H2. The van der Waals surface area contributed by atoms with E-state index >= 15 is 0 Å². The molecule has 1 aromatic carbocycles. The fraction of sp³-hybridized carbons (Fsp3) is 0.250. The van der Waals surface area contributed by atoms with Crippen LogP contribution in [0, 0.1) is 0 Å². The van der Waals surface area contributed by atoms with Gasteiger partial charge in [0.15, 0.2) is 11.5 Å². The van der Waals surface area contributed by atoms with Crippen LogP contribution < -0.4 is 4.74 Å². The molecule has 0 saturated carbocycles. The lowest BCUT2D eigenvalue weighted by molar-refractivity contribution is 0.414. The Balaban J connectivity index is 2.15. The quantitative estimate of drug-likeness (QED) is 0.556. The third-order valence-electron chi connectivity index (χ3n) is 1.86. The van der Waals surface area contributed by atoms with Gasteiger partial charge in [-0.1, -0.05) is 12.1 Å². The number of fused-ring (bicyclic) bond motifs is 1. The largest absolute Gasteiger partial charge is 0.449 e. The first kappa shape index (κ1) is 4.74. The zero-order chi connectivity index (χ0) is 6.55. The molecule has 1 aromatic rings. The third kappa shape index (κ3) is 0.517. The van der Waals surface area contributed by atoms with Crippen molar-refractivity contribution >= 4 is 0 Å². The molecule has 3 rings (SSSR count). The normalized spacial score (nSPS) is 25.0. The first-order chi connectivity index (χ1) is 4.95. The Morgan fingerprint density at radius 2 is 2.30 bits per heavy atom. The van der Waals surface area contributed by atoms with Crippen molar-refractivity contribution in [3.05, 3.63) is 23.8 Å². The SMILES string of the molecule is c1cc2c(c(C3CO3)c1)O2. The molecule has 0 N–H and O–H groups in total. The molecule has 2 heterocycles. The number of rotatable bonds is 1. The highest BCUT2D eigenvalue weighted by Crippen LogP contribution is 2.52. The van der Waals surface area contributed by atoms with E-state index in [0.29, 0.717) is 6.10 Å². The van der Waals surface area contributed by atoms with Crippen LogP contribution in [-0.4, -0.2) is 6.61 Å². The summed E-state index contributed by atoms with van der Waals surface area (Å²) in [6.07, 6.45) is 0.331. The number of ether oxygens (including phenoxy) is 2. The Morgan fingerprint density at radius 3 is 3.10 bits per heavy atom. The van der Waals surface area contributed by atoms with Crippen molar-refractivity contribution in [1.29, 1.82) is 0 Å².